The van der Waals surface area contributed by atoms with E-state index in [2.05, 4.69) is 55.1 Å². The molecule has 4 aliphatic heterocycles. The van der Waals surface area contributed by atoms with Crippen LogP contribution < -0.4 is 60.7 Å². The molecule has 0 aliphatic carbocycles. The fraction of sp³-hybridized carbons (Fsp3) is 0.538. The Bertz CT molecular complexity index is 3650. The van der Waals surface area contributed by atoms with Crippen molar-refractivity contribution in [2.45, 2.75) is 106 Å². The van der Waals surface area contributed by atoms with Crippen molar-refractivity contribution in [3.63, 3.8) is 0 Å². The van der Waals surface area contributed by atoms with E-state index in [4.69, 9.17) is 55.5 Å². The highest BCUT2D eigenvalue weighted by Crippen LogP contribution is 2.48. The SMILES string of the molecule is Cc1cn([C@@H]2O[C@H](COP(=O)(O)N[C@@H]3C[C@@H](COP(=O)(O)N[C@@H]4C[C@@H](COP(=O)(O)N[C@@H]5C[C@@H](CO)O[C@H]5n5cnc6c(N)ncnc65)O[C@H]4n4cnc5c(=O)[nH]c(N)nc54)O[C@H]3n3ccc(N)nc3=O)CC2N)c(=O)[nH]c1=O. The Morgan fingerprint density at radius 3 is 1.76 bits per heavy atom. The molecule has 6 aromatic rings. The Kier molecular flexibility index (Phi) is 15.7. The summed E-state index contributed by atoms with van der Waals surface area (Å²) in [4.78, 5) is 113. The second-order valence-electron chi connectivity index (χ2n) is 18.9. The number of anilines is 3. The number of hydrogen-bond acceptors (Lipinski definition) is 25. The molecule has 0 amide bonds. The number of ether oxygens (including phenoxy) is 4. The number of rotatable bonds is 20. The van der Waals surface area contributed by atoms with Crippen LogP contribution in [-0.4, -0.2) is 153 Å². The molecule has 0 aromatic carbocycles. The van der Waals surface area contributed by atoms with Crippen molar-refractivity contribution in [1.29, 1.82) is 0 Å². The minimum absolute atomic E-state index is 0.0378. The highest BCUT2D eigenvalue weighted by Gasteiger charge is 2.47. The zero-order valence-corrected chi connectivity index (χ0v) is 43.9. The molecule has 4 saturated heterocycles. The van der Waals surface area contributed by atoms with Crippen molar-refractivity contribution in [3.05, 3.63) is 84.7 Å². The number of nitrogen functional groups attached to an aromatic ring is 3. The number of aryl methyl sites for hydroxylation is 1. The van der Waals surface area contributed by atoms with E-state index < -0.39 is 146 Å². The van der Waals surface area contributed by atoms with Crippen LogP contribution in [0.5, 0.6) is 0 Å². The summed E-state index contributed by atoms with van der Waals surface area (Å²) in [5.74, 6) is -0.369. The third-order valence-corrected chi connectivity index (χ3v) is 16.7. The van der Waals surface area contributed by atoms with E-state index in [9.17, 15) is 52.7 Å². The van der Waals surface area contributed by atoms with Crippen LogP contribution in [0.15, 0.2) is 56.6 Å². The second-order valence-corrected chi connectivity index (χ2v) is 23.6. The Balaban J connectivity index is 0.812. The summed E-state index contributed by atoms with van der Waals surface area (Å²) in [6.07, 6.45) is -2.98. The van der Waals surface area contributed by atoms with E-state index in [0.717, 1.165) is 15.5 Å². The third-order valence-electron chi connectivity index (χ3n) is 13.2. The molecule has 4 aliphatic rings. The molecule has 15 atom stereocenters. The molecule has 10 rings (SSSR count). The molecule has 4 fully saturated rings. The molecule has 0 saturated carbocycles. The molecular formula is C39H54N19O18P3. The molecule has 0 bridgehead atoms. The van der Waals surface area contributed by atoms with Crippen molar-refractivity contribution < 1.29 is 66.0 Å². The molecule has 40 heteroatoms. The largest absolute Gasteiger partial charge is 0.403 e. The van der Waals surface area contributed by atoms with Crippen molar-refractivity contribution in [2.75, 3.05) is 43.6 Å². The fourth-order valence-corrected chi connectivity index (χ4v) is 13.0. The number of aromatic nitrogens is 12. The maximum Gasteiger partial charge on any atom is 0.403 e. The average molecular weight is 1170 g/mol. The second kappa shape index (κ2) is 22.1. The molecular weight excluding hydrogens is 1120 g/mol. The average Bonchev–Trinajstić information content (AvgIpc) is 4.28. The molecule has 0 radical (unpaired) electrons. The van der Waals surface area contributed by atoms with Gasteiger partial charge in [-0.3, -0.25) is 51.4 Å². The first-order valence-electron chi connectivity index (χ1n) is 24.0. The molecule has 79 heavy (non-hydrogen) atoms. The third kappa shape index (κ3) is 12.2. The Hall–Kier alpha value is -6.05. The van der Waals surface area contributed by atoms with Crippen molar-refractivity contribution >= 4 is 63.2 Å². The first-order chi connectivity index (χ1) is 37.4. The summed E-state index contributed by atoms with van der Waals surface area (Å²) < 4.78 is 86.7. The van der Waals surface area contributed by atoms with Crippen LogP contribution in [0.2, 0.25) is 0 Å². The Labute approximate surface area is 441 Å². The lowest BCUT2D eigenvalue weighted by Gasteiger charge is -2.24. The van der Waals surface area contributed by atoms with Gasteiger partial charge in [-0.25, -0.2) is 58.5 Å². The van der Waals surface area contributed by atoms with Gasteiger partial charge >= 0.3 is 34.6 Å². The number of aliphatic hydroxyl groups excluding tert-OH is 1. The van der Waals surface area contributed by atoms with Gasteiger partial charge in [0.05, 0.1) is 87.7 Å². The summed E-state index contributed by atoms with van der Waals surface area (Å²) in [5, 5.41) is 17.5. The van der Waals surface area contributed by atoms with Crippen molar-refractivity contribution in [2.24, 2.45) is 5.73 Å². The van der Waals surface area contributed by atoms with E-state index in [-0.39, 0.29) is 71.2 Å². The number of fused-ring (bicyclic) bond motifs is 2. The van der Waals surface area contributed by atoms with Gasteiger partial charge in [0, 0.05) is 18.0 Å². The van der Waals surface area contributed by atoms with Crippen LogP contribution in [0.25, 0.3) is 22.3 Å². The molecule has 37 nitrogen and oxygen atoms in total. The lowest BCUT2D eigenvalue weighted by Crippen LogP contribution is -2.38. The number of imidazole rings is 2. The fourth-order valence-electron chi connectivity index (χ4n) is 9.73. The summed E-state index contributed by atoms with van der Waals surface area (Å²) in [5.41, 5.74) is 21.2. The molecule has 428 valence electrons. The number of hydrogen-bond donors (Lipinski definition) is 13. The molecule has 0 spiro atoms. The molecule has 17 N–H and O–H groups in total. The predicted molar refractivity (Wildman–Crippen MR) is 269 cm³/mol. The number of aromatic amines is 2. The maximum absolute atomic E-state index is 14.0. The molecule has 6 aromatic heterocycles. The van der Waals surface area contributed by atoms with Gasteiger partial charge in [0.2, 0.25) is 5.95 Å². The summed E-state index contributed by atoms with van der Waals surface area (Å²) in [7, 11) is -14.6. The highest BCUT2D eigenvalue weighted by atomic mass is 31.2. The van der Waals surface area contributed by atoms with Gasteiger partial charge in [0.1, 0.15) is 17.7 Å². The number of aliphatic hydroxyl groups is 1. The van der Waals surface area contributed by atoms with E-state index in [1.807, 2.05) is 0 Å². The van der Waals surface area contributed by atoms with Gasteiger partial charge in [-0.05, 0) is 38.7 Å². The summed E-state index contributed by atoms with van der Waals surface area (Å²) >= 11 is 0. The minimum atomic E-state index is -4.99. The first kappa shape index (κ1) is 56.2. The molecule has 10 heterocycles. The predicted octanol–water partition coefficient (Wildman–Crippen LogP) is -3.48. The lowest BCUT2D eigenvalue weighted by molar-refractivity contribution is -0.0309. The molecule has 4 unspecified atom stereocenters. The van der Waals surface area contributed by atoms with Gasteiger partial charge in [-0.15, -0.1) is 0 Å². The lowest BCUT2D eigenvalue weighted by atomic mass is 10.2. The summed E-state index contributed by atoms with van der Waals surface area (Å²) in [6, 6.07) is -2.97. The first-order valence-corrected chi connectivity index (χ1v) is 28.7. The van der Waals surface area contributed by atoms with Gasteiger partial charge in [0.15, 0.2) is 47.5 Å². The van der Waals surface area contributed by atoms with Crippen LogP contribution in [0, 0.1) is 6.92 Å². The van der Waals surface area contributed by atoms with Crippen LogP contribution in [0.1, 0.15) is 56.2 Å². The standard InChI is InChI=1S/C39H54N19O18P3/c1-16-8-56(39(63)51-31(16)60)33-21(40)4-18(74-33)10-70-78(66,67)53-23-6-19(75-34(23)55-3-2-25(41)48-38(55)62)11-71-79(68,69)54-24-7-20(76-36(24)58-15-47-27-30(58)49-37(43)50-32(27)61)12-72-77(64,65)52-22-5-17(9-59)73-35(22)57-14-46-26-28(42)44-13-45-29(26)57/h2-3,8,13-15,17-24,33-36,59H,4-7,9-12,40H2,1H3,(H2,41,48,62)(H2,42,44,45)(H,51,60,63)(H2,52,64,65)(H2,53,66,67)(H2,54,68,69)(H3,43,49,50,61)/t17-,18-,19-,20-,21?,22+,23+,24+,33+,34+,35+,36+/m0/s1. The van der Waals surface area contributed by atoms with Gasteiger partial charge < -0.3 is 61.7 Å². The monoisotopic (exact) mass is 1170 g/mol. The van der Waals surface area contributed by atoms with Crippen LogP contribution >= 0.6 is 23.2 Å². The number of nitrogens with zero attached hydrogens (tertiary/aromatic N) is 10. The van der Waals surface area contributed by atoms with Gasteiger partial charge in [-0.2, -0.15) is 9.97 Å². The van der Waals surface area contributed by atoms with Crippen LogP contribution in [0.3, 0.4) is 0 Å². The van der Waals surface area contributed by atoms with E-state index in [1.54, 1.807) is 0 Å². The van der Waals surface area contributed by atoms with Crippen molar-refractivity contribution in [1.82, 2.24) is 73.4 Å². The number of H-pyrrole nitrogens is 2. The minimum Gasteiger partial charge on any atom is -0.394 e. The van der Waals surface area contributed by atoms with Gasteiger partial charge in [-0.1, -0.05) is 0 Å². The van der Waals surface area contributed by atoms with E-state index in [0.29, 0.717) is 0 Å². The van der Waals surface area contributed by atoms with E-state index >= 15 is 0 Å². The van der Waals surface area contributed by atoms with Crippen molar-refractivity contribution in [3.8, 4) is 0 Å². The van der Waals surface area contributed by atoms with Crippen LogP contribution in [0.4, 0.5) is 17.6 Å². The van der Waals surface area contributed by atoms with Gasteiger partial charge in [0.25, 0.3) is 11.1 Å². The summed E-state index contributed by atoms with van der Waals surface area (Å²) in [6.45, 7) is -0.772. The zero-order chi connectivity index (χ0) is 56.3. The Morgan fingerprint density at radius 2 is 1.18 bits per heavy atom. The van der Waals surface area contributed by atoms with E-state index in [1.165, 1.54) is 47.2 Å². The Morgan fingerprint density at radius 1 is 0.658 bits per heavy atom. The maximum atomic E-state index is 14.0. The zero-order valence-electron chi connectivity index (χ0n) is 41.2. The smallest absolute Gasteiger partial charge is 0.394 e. The normalized spacial score (nSPS) is 29.5. The number of nitrogens with one attached hydrogen (secondary N) is 5. The quantitative estimate of drug-likeness (QED) is 0.0330. The highest BCUT2D eigenvalue weighted by molar-refractivity contribution is 7.51. The topological polar surface area (TPSA) is 534 Å². The number of nitrogens with two attached hydrogens (primary N) is 4. The van der Waals surface area contributed by atoms with Crippen LogP contribution in [-0.2, 0) is 46.2 Å².